The zero-order chi connectivity index (χ0) is 39.8. The van der Waals surface area contributed by atoms with Crippen molar-refractivity contribution in [3.8, 4) is 0 Å². The number of hydrogen-bond donors (Lipinski definition) is 11. The number of aromatic amines is 2. The summed E-state index contributed by atoms with van der Waals surface area (Å²) in [5.74, 6) is -0.272. The number of aromatic nitrogens is 8. The number of aliphatic hydroxyl groups excluding tert-OH is 4. The highest BCUT2D eigenvalue weighted by Gasteiger charge is 2.50. The first kappa shape index (κ1) is 39.7. The lowest BCUT2D eigenvalue weighted by atomic mass is 10.1. The van der Waals surface area contributed by atoms with Crippen molar-refractivity contribution >= 4 is 57.7 Å². The average molecular weight is 844 g/mol. The van der Waals surface area contributed by atoms with Gasteiger partial charge in [0.2, 0.25) is 17.7 Å². The van der Waals surface area contributed by atoms with Crippen LogP contribution >= 0.6 is 23.5 Å². The van der Waals surface area contributed by atoms with Crippen LogP contribution in [0.25, 0.3) is 22.3 Å². The predicted molar refractivity (Wildman–Crippen MR) is 176 cm³/mol. The van der Waals surface area contributed by atoms with E-state index in [0.29, 0.717) is 12.5 Å². The van der Waals surface area contributed by atoms with Crippen molar-refractivity contribution in [2.45, 2.75) is 68.5 Å². The second-order valence-corrected chi connectivity index (χ2v) is 17.4. The van der Waals surface area contributed by atoms with Gasteiger partial charge >= 0.3 is 29.1 Å². The Bertz CT molecular complexity index is 2380. The van der Waals surface area contributed by atoms with Gasteiger partial charge in [-0.2, -0.15) is 13.6 Å². The minimum Gasteiger partial charge on any atom is -0.387 e. The molecule has 55 heavy (non-hydrogen) atoms. The van der Waals surface area contributed by atoms with Crippen LogP contribution < -0.4 is 27.2 Å². The number of nitrogens with zero attached hydrogens (tertiary/aromatic N) is 6. The number of rotatable bonds is 14. The van der Waals surface area contributed by atoms with Crippen LogP contribution in [0.2, 0.25) is 0 Å². The number of hydrogen-bond acceptors (Lipinski definition) is 20. The molecule has 31 heteroatoms. The van der Waals surface area contributed by atoms with E-state index in [1.54, 1.807) is 4.57 Å². The molecule has 302 valence electrons. The number of aliphatic hydroxyl groups is 4. The number of phosphoric acid groups is 3. The van der Waals surface area contributed by atoms with Gasteiger partial charge in [-0.25, -0.2) is 23.2 Å². The van der Waals surface area contributed by atoms with Crippen LogP contribution in [0.1, 0.15) is 25.3 Å². The maximum Gasteiger partial charge on any atom is 0.490 e. The SMILES string of the molecule is Nc1nc2c(ncn2[C@@H]2O[C@H](COP(=O)(O)OP(=O)(O)OP(=O)(O)OC[C@H]3O[C@@H]([n+]4cn(CC5CC5)c5c(=O)[nH]c(N)nc54)[C@@H](O)C3O)C(O)[C@@H]2O)c(=O)[nH]1. The highest BCUT2D eigenvalue weighted by atomic mass is 31.3. The third-order valence-corrected chi connectivity index (χ3v) is 13.0. The van der Waals surface area contributed by atoms with Crippen LogP contribution in [-0.2, 0) is 47.4 Å². The van der Waals surface area contributed by atoms with Gasteiger partial charge < -0.3 is 56.0 Å². The Morgan fingerprint density at radius 3 is 2.05 bits per heavy atom. The van der Waals surface area contributed by atoms with Crippen LogP contribution in [0.3, 0.4) is 0 Å². The van der Waals surface area contributed by atoms with E-state index in [2.05, 4.69) is 42.6 Å². The zero-order valence-corrected chi connectivity index (χ0v) is 30.4. The van der Waals surface area contributed by atoms with Gasteiger partial charge in [-0.05, 0) is 18.8 Å². The predicted octanol–water partition coefficient (Wildman–Crippen LogP) is -3.67. The molecule has 11 atom stereocenters. The topological polar surface area (TPSA) is 418 Å². The van der Waals surface area contributed by atoms with Gasteiger partial charge in [-0.1, -0.05) is 4.98 Å². The number of anilines is 2. The van der Waals surface area contributed by atoms with Gasteiger partial charge in [0, 0.05) is 0 Å². The number of phosphoric ester groups is 2. The fraction of sp³-hybridized carbons (Fsp3) is 0.583. The second kappa shape index (κ2) is 14.4. The van der Waals surface area contributed by atoms with Crippen LogP contribution in [0, 0.1) is 5.92 Å². The number of imidazole rings is 2. The number of fused-ring (bicyclic) bond motifs is 2. The third kappa shape index (κ3) is 8.17. The maximum atomic E-state index is 12.7. The Kier molecular flexibility index (Phi) is 10.4. The molecule has 7 rings (SSSR count). The van der Waals surface area contributed by atoms with Crippen LogP contribution in [0.15, 0.2) is 22.2 Å². The molecule has 4 aromatic rings. The number of nitrogens with two attached hydrogens (primary N) is 2. The summed E-state index contributed by atoms with van der Waals surface area (Å²) in [6.45, 7) is -1.73. The van der Waals surface area contributed by atoms with E-state index in [0.717, 1.165) is 23.7 Å². The summed E-state index contributed by atoms with van der Waals surface area (Å²) in [5.41, 5.74) is 9.71. The minimum atomic E-state index is -6.01. The second-order valence-electron chi connectivity index (χ2n) is 12.8. The molecule has 0 spiro atoms. The van der Waals surface area contributed by atoms with E-state index in [1.807, 2.05) is 0 Å². The standard InChI is InChI=1S/C24H33N10O18P3/c25-23-28-17-11(19(39)30-23)27-6-33(17)21-15(37)13(35)9(49-21)4-47-53(41,42)51-55(45,46)52-54(43,44)48-5-10-14(36)16(38)22(50-10)34-7-32(3-8-1-2-8)12-18(34)29-24(26)31-20(12)40/h6-10,13-16,21-22,35-38H,1-5H2,(H8-,25,26,28,29,30,31,39,40,41,42,43,44,45,46)/p+1/t9-,10-,13?,14?,15+,16+,21-,22-/m1/s1. The molecule has 4 aromatic heterocycles. The molecule has 1 saturated carbocycles. The summed E-state index contributed by atoms with van der Waals surface area (Å²) in [6, 6.07) is 0. The van der Waals surface area contributed by atoms with Crippen LogP contribution in [0.4, 0.5) is 11.9 Å². The Morgan fingerprint density at radius 2 is 1.42 bits per heavy atom. The molecule has 6 heterocycles. The van der Waals surface area contributed by atoms with Crippen molar-refractivity contribution in [3.05, 3.63) is 33.4 Å². The molecule has 13 N–H and O–H groups in total. The summed E-state index contributed by atoms with van der Waals surface area (Å²) in [5, 5.41) is 42.5. The number of ether oxygens (including phenoxy) is 2. The van der Waals surface area contributed by atoms with Gasteiger partial charge in [-0.15, -0.1) is 0 Å². The number of nitrogens with one attached hydrogen (secondary N) is 2. The van der Waals surface area contributed by atoms with E-state index in [4.69, 9.17) is 20.9 Å². The Hall–Kier alpha value is -3.53. The van der Waals surface area contributed by atoms with E-state index >= 15 is 0 Å². The summed E-state index contributed by atoms with van der Waals surface area (Å²) in [6.07, 6.45) is -8.97. The van der Waals surface area contributed by atoms with Gasteiger partial charge in [0.15, 0.2) is 23.7 Å². The Balaban J connectivity index is 0.953. The van der Waals surface area contributed by atoms with Gasteiger partial charge in [0.25, 0.3) is 17.1 Å². The molecule has 0 aromatic carbocycles. The van der Waals surface area contributed by atoms with Gasteiger partial charge in [0.05, 0.1) is 26.1 Å². The van der Waals surface area contributed by atoms with Crippen molar-refractivity contribution in [1.82, 2.24) is 34.1 Å². The third-order valence-electron chi connectivity index (χ3n) is 8.73. The van der Waals surface area contributed by atoms with Crippen LogP contribution in [-0.4, -0.2) is 119 Å². The molecule has 2 saturated heterocycles. The fourth-order valence-electron chi connectivity index (χ4n) is 6.06. The number of nitrogen functional groups attached to an aromatic ring is 2. The molecule has 0 radical (unpaired) electrons. The first-order valence-electron chi connectivity index (χ1n) is 16.0. The lowest BCUT2D eigenvalue weighted by Gasteiger charge is -2.21. The molecule has 3 fully saturated rings. The molecule has 2 aliphatic heterocycles. The lowest BCUT2D eigenvalue weighted by molar-refractivity contribution is -0.746. The van der Waals surface area contributed by atoms with E-state index < -0.39 is 96.9 Å². The fourth-order valence-corrected chi connectivity index (χ4v) is 9.58. The van der Waals surface area contributed by atoms with Crippen molar-refractivity contribution in [2.24, 2.45) is 5.92 Å². The molecular formula is C24H34N10O18P3+. The van der Waals surface area contributed by atoms with Gasteiger partial charge in [-0.3, -0.25) is 37.7 Å². The maximum absolute atomic E-state index is 12.7. The summed E-state index contributed by atoms with van der Waals surface area (Å²) in [7, 11) is -17.4. The quantitative estimate of drug-likeness (QED) is 0.0430. The van der Waals surface area contributed by atoms with Crippen molar-refractivity contribution < 1.29 is 80.5 Å². The van der Waals surface area contributed by atoms with Gasteiger partial charge in [0.1, 0.15) is 36.6 Å². The highest BCUT2D eigenvalue weighted by molar-refractivity contribution is 7.66. The van der Waals surface area contributed by atoms with E-state index in [9.17, 15) is 58.4 Å². The summed E-state index contributed by atoms with van der Waals surface area (Å²) >= 11 is 0. The summed E-state index contributed by atoms with van der Waals surface area (Å²) in [4.78, 5) is 71.5. The molecular weight excluding hydrogens is 809 g/mol. The van der Waals surface area contributed by atoms with Crippen LogP contribution in [0.5, 0.6) is 0 Å². The lowest BCUT2D eigenvalue weighted by Crippen LogP contribution is -2.46. The normalized spacial score (nSPS) is 30.5. The Labute approximate surface area is 304 Å². The monoisotopic (exact) mass is 843 g/mol. The highest BCUT2D eigenvalue weighted by Crippen LogP contribution is 2.67. The molecule has 0 bridgehead atoms. The molecule has 3 aliphatic rings. The largest absolute Gasteiger partial charge is 0.490 e. The summed E-state index contributed by atoms with van der Waals surface area (Å²) < 4.78 is 70.0. The van der Waals surface area contributed by atoms with Crippen molar-refractivity contribution in [1.29, 1.82) is 0 Å². The molecule has 1 aliphatic carbocycles. The smallest absolute Gasteiger partial charge is 0.387 e. The Morgan fingerprint density at radius 1 is 0.836 bits per heavy atom. The van der Waals surface area contributed by atoms with Crippen molar-refractivity contribution in [2.75, 3.05) is 24.7 Å². The zero-order valence-electron chi connectivity index (χ0n) is 27.7. The molecule has 5 unspecified atom stereocenters. The number of H-pyrrole nitrogens is 2. The molecule has 0 amide bonds. The minimum absolute atomic E-state index is 0.0116. The van der Waals surface area contributed by atoms with Crippen molar-refractivity contribution in [3.63, 3.8) is 0 Å². The average Bonchev–Trinajstić information content (AvgIpc) is 3.43. The molecule has 28 nitrogen and oxygen atoms in total. The van der Waals surface area contributed by atoms with E-state index in [1.165, 1.54) is 10.9 Å². The first-order valence-corrected chi connectivity index (χ1v) is 20.5. The van der Waals surface area contributed by atoms with E-state index in [-0.39, 0.29) is 34.2 Å². The first-order chi connectivity index (χ1) is 25.7.